The number of carbonyl (C=O) groups excluding carboxylic acids is 1. The smallest absolute Gasteiger partial charge is 0.220 e. The number of ether oxygens (including phenoxy) is 1. The Labute approximate surface area is 95.8 Å². The number of allylic oxidation sites excluding steroid dienone is 1. The molecule has 1 unspecified atom stereocenters. The van der Waals surface area contributed by atoms with E-state index < -0.39 is 0 Å². The van der Waals surface area contributed by atoms with Gasteiger partial charge in [-0.25, -0.2) is 0 Å². The quantitative estimate of drug-likeness (QED) is 0.560. The molecule has 0 aliphatic carbocycles. The van der Waals surface area contributed by atoms with Crippen LogP contribution in [0.3, 0.4) is 0 Å². The van der Waals surface area contributed by atoms with Crippen molar-refractivity contribution in [2.24, 2.45) is 0 Å². The van der Waals surface area contributed by atoms with Crippen molar-refractivity contribution in [2.75, 3.05) is 19.0 Å². The molecule has 3 nitrogen and oxygen atoms in total. The predicted octanol–water partition coefficient (Wildman–Crippen LogP) is 1.86. The van der Waals surface area contributed by atoms with Gasteiger partial charge in [0, 0.05) is 25.5 Å². The maximum Gasteiger partial charge on any atom is 0.220 e. The first-order valence-electron chi connectivity index (χ1n) is 5.42. The molecule has 1 fully saturated rings. The van der Waals surface area contributed by atoms with E-state index in [0.29, 0.717) is 24.9 Å². The molecule has 0 aromatic carbocycles. The molecule has 0 saturated carbocycles. The first-order valence-corrected chi connectivity index (χ1v) is 5.95. The normalized spacial score (nSPS) is 21.0. The van der Waals surface area contributed by atoms with E-state index in [4.69, 9.17) is 16.3 Å². The van der Waals surface area contributed by atoms with E-state index in [9.17, 15) is 4.79 Å². The third kappa shape index (κ3) is 5.80. The molecule has 1 atom stereocenters. The van der Waals surface area contributed by atoms with Crippen LogP contribution in [-0.2, 0) is 9.53 Å². The van der Waals surface area contributed by atoms with Crippen LogP contribution >= 0.6 is 11.6 Å². The summed E-state index contributed by atoms with van der Waals surface area (Å²) in [4.78, 5) is 11.3. The number of hydrogen-bond acceptors (Lipinski definition) is 2. The molecule has 0 bridgehead atoms. The molecule has 4 heteroatoms. The average molecular weight is 232 g/mol. The predicted molar refractivity (Wildman–Crippen MR) is 61.1 cm³/mol. The summed E-state index contributed by atoms with van der Waals surface area (Å²) in [7, 11) is 0. The molecule has 1 rings (SSSR count). The topological polar surface area (TPSA) is 38.3 Å². The van der Waals surface area contributed by atoms with Crippen LogP contribution in [0.2, 0.25) is 0 Å². The minimum Gasteiger partial charge on any atom is -0.378 e. The summed E-state index contributed by atoms with van der Waals surface area (Å²) in [6.07, 6.45) is 7.60. The third-order valence-corrected chi connectivity index (χ3v) is 2.57. The molecular formula is C11H18ClNO2. The van der Waals surface area contributed by atoms with E-state index in [2.05, 4.69) is 5.32 Å². The highest BCUT2D eigenvalue weighted by Gasteiger charge is 2.16. The molecule has 0 spiro atoms. The fraction of sp³-hybridized carbons (Fsp3) is 0.727. The number of nitrogens with one attached hydrogen (secondary N) is 1. The number of hydrogen-bond donors (Lipinski definition) is 1. The second-order valence-electron chi connectivity index (χ2n) is 3.60. The lowest BCUT2D eigenvalue weighted by Gasteiger charge is -2.08. The fourth-order valence-corrected chi connectivity index (χ4v) is 1.70. The summed E-state index contributed by atoms with van der Waals surface area (Å²) in [6.45, 7) is 1.42. The Morgan fingerprint density at radius 1 is 1.53 bits per heavy atom. The second-order valence-corrected chi connectivity index (χ2v) is 3.91. The van der Waals surface area contributed by atoms with Crippen molar-refractivity contribution in [3.63, 3.8) is 0 Å². The van der Waals surface area contributed by atoms with Crippen LogP contribution in [-0.4, -0.2) is 31.0 Å². The zero-order valence-corrected chi connectivity index (χ0v) is 9.63. The van der Waals surface area contributed by atoms with Crippen LogP contribution in [0, 0.1) is 0 Å². The van der Waals surface area contributed by atoms with Crippen LogP contribution in [0.1, 0.15) is 25.7 Å². The number of carbonyl (C=O) groups is 1. The Bertz CT molecular complexity index is 213. The molecule has 15 heavy (non-hydrogen) atoms. The van der Waals surface area contributed by atoms with Gasteiger partial charge in [-0.3, -0.25) is 4.79 Å². The van der Waals surface area contributed by atoms with E-state index in [1.54, 1.807) is 0 Å². The molecule has 0 aromatic rings. The highest BCUT2D eigenvalue weighted by atomic mass is 35.5. The van der Waals surface area contributed by atoms with Gasteiger partial charge in [0.25, 0.3) is 0 Å². The Morgan fingerprint density at radius 3 is 3.07 bits per heavy atom. The summed E-state index contributed by atoms with van der Waals surface area (Å²) in [5.41, 5.74) is 0. The van der Waals surface area contributed by atoms with Gasteiger partial charge in [0.05, 0.1) is 6.10 Å². The molecule has 1 saturated heterocycles. The monoisotopic (exact) mass is 231 g/mol. The molecule has 1 heterocycles. The van der Waals surface area contributed by atoms with Crippen LogP contribution < -0.4 is 5.32 Å². The van der Waals surface area contributed by atoms with Crippen LogP contribution in [0.15, 0.2) is 12.2 Å². The van der Waals surface area contributed by atoms with Crippen molar-refractivity contribution < 1.29 is 9.53 Å². The lowest BCUT2D eigenvalue weighted by atomic mass is 10.1. The van der Waals surface area contributed by atoms with Gasteiger partial charge in [-0.05, 0) is 19.3 Å². The van der Waals surface area contributed by atoms with Gasteiger partial charge >= 0.3 is 0 Å². The van der Waals surface area contributed by atoms with E-state index in [1.807, 2.05) is 12.2 Å². The highest BCUT2D eigenvalue weighted by Crippen LogP contribution is 2.16. The Morgan fingerprint density at radius 2 is 2.40 bits per heavy atom. The molecule has 1 aliphatic rings. The van der Waals surface area contributed by atoms with Crippen molar-refractivity contribution in [1.29, 1.82) is 0 Å². The number of amides is 1. The summed E-state index contributed by atoms with van der Waals surface area (Å²) in [5.74, 6) is 0.580. The van der Waals surface area contributed by atoms with Crippen molar-refractivity contribution in [2.45, 2.75) is 31.8 Å². The third-order valence-electron chi connectivity index (χ3n) is 2.39. The number of halogens is 1. The maximum absolute atomic E-state index is 11.3. The lowest BCUT2D eigenvalue weighted by Crippen LogP contribution is -2.24. The Hall–Kier alpha value is -0.540. The van der Waals surface area contributed by atoms with Crippen molar-refractivity contribution >= 4 is 17.5 Å². The largest absolute Gasteiger partial charge is 0.378 e. The zero-order chi connectivity index (χ0) is 10.9. The maximum atomic E-state index is 11.3. The minimum absolute atomic E-state index is 0.0877. The van der Waals surface area contributed by atoms with Gasteiger partial charge in [0.15, 0.2) is 0 Å². The molecule has 1 aliphatic heterocycles. The first-order chi connectivity index (χ1) is 7.33. The van der Waals surface area contributed by atoms with Gasteiger partial charge in [-0.2, -0.15) is 0 Å². The number of rotatable bonds is 6. The van der Waals surface area contributed by atoms with Crippen molar-refractivity contribution in [1.82, 2.24) is 5.32 Å². The lowest BCUT2D eigenvalue weighted by molar-refractivity contribution is -0.121. The summed E-state index contributed by atoms with van der Waals surface area (Å²) >= 11 is 5.45. The molecule has 1 N–H and O–H groups in total. The minimum atomic E-state index is 0.0877. The molecule has 0 aromatic heterocycles. The second kappa shape index (κ2) is 7.71. The van der Waals surface area contributed by atoms with Gasteiger partial charge in [-0.1, -0.05) is 12.2 Å². The summed E-state index contributed by atoms with van der Waals surface area (Å²) < 4.78 is 5.43. The fourth-order valence-electron chi connectivity index (χ4n) is 1.57. The Kier molecular flexibility index (Phi) is 6.44. The van der Waals surface area contributed by atoms with Gasteiger partial charge in [-0.15, -0.1) is 11.6 Å². The number of alkyl halides is 1. The summed E-state index contributed by atoms with van der Waals surface area (Å²) in [5, 5.41) is 2.80. The highest BCUT2D eigenvalue weighted by molar-refractivity contribution is 6.18. The van der Waals surface area contributed by atoms with E-state index in [0.717, 1.165) is 25.9 Å². The van der Waals surface area contributed by atoms with Crippen molar-refractivity contribution in [3.05, 3.63) is 12.2 Å². The van der Waals surface area contributed by atoms with Crippen LogP contribution in [0.25, 0.3) is 0 Å². The van der Waals surface area contributed by atoms with E-state index in [-0.39, 0.29) is 5.91 Å². The van der Waals surface area contributed by atoms with Crippen LogP contribution in [0.4, 0.5) is 0 Å². The molecular weight excluding hydrogens is 214 g/mol. The molecule has 86 valence electrons. The van der Waals surface area contributed by atoms with Crippen LogP contribution in [0.5, 0.6) is 0 Å². The van der Waals surface area contributed by atoms with Crippen molar-refractivity contribution in [3.8, 4) is 0 Å². The average Bonchev–Trinajstić information content (AvgIpc) is 2.74. The molecule has 1 amide bonds. The zero-order valence-electron chi connectivity index (χ0n) is 8.88. The SMILES string of the molecule is O=C(CCC1CCCO1)NC/C=C/CCl. The first kappa shape index (κ1) is 12.5. The molecule has 0 radical (unpaired) electrons. The van der Waals surface area contributed by atoms with Gasteiger partial charge in [0.2, 0.25) is 5.91 Å². The summed E-state index contributed by atoms with van der Waals surface area (Å²) in [6, 6.07) is 0. The van der Waals surface area contributed by atoms with Gasteiger partial charge < -0.3 is 10.1 Å². The van der Waals surface area contributed by atoms with E-state index >= 15 is 0 Å². The van der Waals surface area contributed by atoms with Gasteiger partial charge in [0.1, 0.15) is 0 Å². The van der Waals surface area contributed by atoms with E-state index in [1.165, 1.54) is 0 Å². The Balaban J connectivity index is 2.00. The standard InChI is InChI=1S/C11H18ClNO2/c12-7-1-2-8-13-11(14)6-5-10-4-3-9-15-10/h1-2,10H,3-9H2,(H,13,14)/b2-1+.